The Balaban J connectivity index is 1.79. The number of nitrogens with one attached hydrogen (secondary N) is 1. The third-order valence-electron chi connectivity index (χ3n) is 4.25. The number of piperidine rings is 1. The molecule has 0 bridgehead atoms. The molecule has 2 aromatic heterocycles. The highest BCUT2D eigenvalue weighted by atomic mass is 16.2. The molecule has 0 radical (unpaired) electrons. The van der Waals surface area contributed by atoms with Gasteiger partial charge in [-0.2, -0.15) is 0 Å². The van der Waals surface area contributed by atoms with E-state index in [0.717, 1.165) is 25.9 Å². The molecule has 1 amide bonds. The van der Waals surface area contributed by atoms with E-state index in [9.17, 15) is 9.59 Å². The van der Waals surface area contributed by atoms with Crippen LogP contribution in [-0.4, -0.2) is 48.9 Å². The highest BCUT2D eigenvalue weighted by Gasteiger charge is 2.26. The zero-order chi connectivity index (χ0) is 16.6. The van der Waals surface area contributed by atoms with Crippen molar-refractivity contribution in [2.75, 3.05) is 13.1 Å². The largest absolute Gasteiger partial charge is 0.342 e. The van der Waals surface area contributed by atoms with Crippen LogP contribution in [0.3, 0.4) is 0 Å². The number of amides is 1. The molecule has 0 unspecified atom stereocenters. The highest BCUT2D eigenvalue weighted by Crippen LogP contribution is 2.20. The SMILES string of the molecule is Cc1nc2c(nnn2C[C@H]2CCCN(C(=O)C(C)C)C2)c(=O)[nH]1. The fraction of sp³-hybridized carbons (Fsp3) is 0.667. The van der Waals surface area contributed by atoms with E-state index in [-0.39, 0.29) is 22.9 Å². The summed E-state index contributed by atoms with van der Waals surface area (Å²) in [5, 5.41) is 8.01. The van der Waals surface area contributed by atoms with Gasteiger partial charge in [-0.05, 0) is 25.7 Å². The molecule has 0 aliphatic carbocycles. The van der Waals surface area contributed by atoms with Crippen LogP contribution in [0.5, 0.6) is 0 Å². The molecule has 3 heterocycles. The molecule has 0 aromatic carbocycles. The molecule has 1 atom stereocenters. The predicted molar refractivity (Wildman–Crippen MR) is 84.8 cm³/mol. The third-order valence-corrected chi connectivity index (χ3v) is 4.25. The van der Waals surface area contributed by atoms with Crippen molar-refractivity contribution in [1.82, 2.24) is 29.9 Å². The summed E-state index contributed by atoms with van der Waals surface area (Å²) in [4.78, 5) is 32.9. The van der Waals surface area contributed by atoms with Crippen molar-refractivity contribution < 1.29 is 4.79 Å². The number of likely N-dealkylation sites (tertiary alicyclic amines) is 1. The molecule has 1 aliphatic rings. The zero-order valence-electron chi connectivity index (χ0n) is 13.7. The van der Waals surface area contributed by atoms with Crippen LogP contribution in [0.1, 0.15) is 32.5 Å². The number of H-pyrrole nitrogens is 1. The minimum absolute atomic E-state index is 0.0174. The van der Waals surface area contributed by atoms with Gasteiger partial charge in [-0.15, -0.1) is 5.10 Å². The van der Waals surface area contributed by atoms with Crippen LogP contribution in [0.4, 0.5) is 0 Å². The van der Waals surface area contributed by atoms with Crippen molar-refractivity contribution in [3.8, 4) is 0 Å². The van der Waals surface area contributed by atoms with Crippen molar-refractivity contribution in [2.45, 2.75) is 40.2 Å². The van der Waals surface area contributed by atoms with E-state index in [4.69, 9.17) is 0 Å². The lowest BCUT2D eigenvalue weighted by atomic mass is 9.97. The van der Waals surface area contributed by atoms with Crippen molar-refractivity contribution in [3.63, 3.8) is 0 Å². The molecule has 0 spiro atoms. The summed E-state index contributed by atoms with van der Waals surface area (Å²) in [5.41, 5.74) is 0.513. The first-order valence-electron chi connectivity index (χ1n) is 8.04. The van der Waals surface area contributed by atoms with Crippen LogP contribution in [-0.2, 0) is 11.3 Å². The standard InChI is InChI=1S/C15H22N6O2/c1-9(2)15(23)20-6-4-5-11(7-20)8-21-13-12(18-19-21)14(22)17-10(3)16-13/h9,11H,4-8H2,1-3H3,(H,16,17,22)/t11-/m0/s1. The average molecular weight is 318 g/mol. The molecule has 2 aromatic rings. The molecule has 1 fully saturated rings. The third kappa shape index (κ3) is 3.11. The van der Waals surface area contributed by atoms with Gasteiger partial charge in [0.1, 0.15) is 5.82 Å². The normalized spacial score (nSPS) is 18.8. The smallest absolute Gasteiger partial charge is 0.281 e. The van der Waals surface area contributed by atoms with Gasteiger partial charge in [0.2, 0.25) is 5.91 Å². The van der Waals surface area contributed by atoms with Crippen LogP contribution < -0.4 is 5.56 Å². The van der Waals surface area contributed by atoms with Crippen LogP contribution in [0, 0.1) is 18.8 Å². The maximum Gasteiger partial charge on any atom is 0.281 e. The Kier molecular flexibility index (Phi) is 4.14. The Bertz CT molecular complexity index is 778. The summed E-state index contributed by atoms with van der Waals surface area (Å²) in [7, 11) is 0. The molecule has 124 valence electrons. The fourth-order valence-corrected chi connectivity index (χ4v) is 3.12. The summed E-state index contributed by atoms with van der Waals surface area (Å²) >= 11 is 0. The van der Waals surface area contributed by atoms with E-state index >= 15 is 0 Å². The Labute approximate surface area is 133 Å². The topological polar surface area (TPSA) is 96.8 Å². The van der Waals surface area contributed by atoms with Crippen molar-refractivity contribution in [1.29, 1.82) is 0 Å². The second kappa shape index (κ2) is 6.10. The number of hydrogen-bond donors (Lipinski definition) is 1. The number of aromatic nitrogens is 5. The Morgan fingerprint density at radius 2 is 2.22 bits per heavy atom. The maximum atomic E-state index is 12.2. The van der Waals surface area contributed by atoms with E-state index < -0.39 is 0 Å². The Morgan fingerprint density at radius 3 is 2.96 bits per heavy atom. The van der Waals surface area contributed by atoms with E-state index in [1.165, 1.54) is 0 Å². The minimum Gasteiger partial charge on any atom is -0.342 e. The summed E-state index contributed by atoms with van der Waals surface area (Å²) in [6.45, 7) is 7.75. The van der Waals surface area contributed by atoms with Gasteiger partial charge in [0.25, 0.3) is 5.56 Å². The number of hydrogen-bond acceptors (Lipinski definition) is 5. The lowest BCUT2D eigenvalue weighted by molar-refractivity contribution is -0.136. The van der Waals surface area contributed by atoms with Crippen molar-refractivity contribution in [3.05, 3.63) is 16.2 Å². The van der Waals surface area contributed by atoms with Crippen molar-refractivity contribution in [2.24, 2.45) is 11.8 Å². The molecule has 8 heteroatoms. The van der Waals surface area contributed by atoms with E-state index in [2.05, 4.69) is 20.3 Å². The van der Waals surface area contributed by atoms with Crippen LogP contribution in [0.2, 0.25) is 0 Å². The first kappa shape index (κ1) is 15.6. The molecule has 1 saturated heterocycles. The molecule has 23 heavy (non-hydrogen) atoms. The monoisotopic (exact) mass is 318 g/mol. The van der Waals surface area contributed by atoms with Gasteiger partial charge in [0, 0.05) is 25.6 Å². The molecular formula is C15H22N6O2. The fourth-order valence-electron chi connectivity index (χ4n) is 3.12. The molecule has 1 N–H and O–H groups in total. The lowest BCUT2D eigenvalue weighted by Crippen LogP contribution is -2.43. The second-order valence-electron chi connectivity index (χ2n) is 6.54. The number of carbonyl (C=O) groups excluding carboxylic acids is 1. The van der Waals surface area contributed by atoms with E-state index in [1.807, 2.05) is 18.7 Å². The average Bonchev–Trinajstić information content (AvgIpc) is 2.90. The maximum absolute atomic E-state index is 12.2. The number of fused-ring (bicyclic) bond motifs is 1. The van der Waals surface area contributed by atoms with Gasteiger partial charge >= 0.3 is 0 Å². The second-order valence-corrected chi connectivity index (χ2v) is 6.54. The summed E-state index contributed by atoms with van der Waals surface area (Å²) < 4.78 is 1.69. The number of carbonyl (C=O) groups is 1. The van der Waals surface area contributed by atoms with Gasteiger partial charge in [-0.3, -0.25) is 9.59 Å². The summed E-state index contributed by atoms with van der Waals surface area (Å²) in [6.07, 6.45) is 2.02. The Morgan fingerprint density at radius 1 is 1.43 bits per heavy atom. The van der Waals surface area contributed by atoms with Gasteiger partial charge in [-0.25, -0.2) is 9.67 Å². The number of rotatable bonds is 3. The molecular weight excluding hydrogens is 296 g/mol. The zero-order valence-corrected chi connectivity index (χ0v) is 13.7. The minimum atomic E-state index is -0.265. The number of nitrogens with zero attached hydrogens (tertiary/aromatic N) is 5. The number of aryl methyl sites for hydroxylation is 1. The molecule has 8 nitrogen and oxygen atoms in total. The molecule has 0 saturated carbocycles. The summed E-state index contributed by atoms with van der Waals surface area (Å²) in [5.74, 6) is 1.07. The van der Waals surface area contributed by atoms with E-state index in [0.29, 0.717) is 23.9 Å². The quantitative estimate of drug-likeness (QED) is 0.899. The molecule has 1 aliphatic heterocycles. The predicted octanol–water partition coefficient (Wildman–Crippen LogP) is 0.718. The van der Waals surface area contributed by atoms with E-state index in [1.54, 1.807) is 11.6 Å². The first-order chi connectivity index (χ1) is 11.0. The lowest BCUT2D eigenvalue weighted by Gasteiger charge is -2.33. The van der Waals surface area contributed by atoms with Gasteiger partial charge < -0.3 is 9.88 Å². The van der Waals surface area contributed by atoms with Gasteiger partial charge in [-0.1, -0.05) is 19.1 Å². The molecule has 3 rings (SSSR count). The summed E-state index contributed by atoms with van der Waals surface area (Å²) in [6, 6.07) is 0. The van der Waals surface area contributed by atoms with Crippen LogP contribution >= 0.6 is 0 Å². The first-order valence-corrected chi connectivity index (χ1v) is 8.04. The highest BCUT2D eigenvalue weighted by molar-refractivity contribution is 5.78. The van der Waals surface area contributed by atoms with Gasteiger partial charge in [0.15, 0.2) is 11.2 Å². The van der Waals surface area contributed by atoms with Crippen LogP contribution in [0.25, 0.3) is 11.2 Å². The van der Waals surface area contributed by atoms with Crippen molar-refractivity contribution >= 4 is 17.1 Å². The number of aromatic amines is 1. The van der Waals surface area contributed by atoms with Gasteiger partial charge in [0.05, 0.1) is 0 Å². The van der Waals surface area contributed by atoms with Crippen LogP contribution in [0.15, 0.2) is 4.79 Å². The Hall–Kier alpha value is -2.25.